The van der Waals surface area contributed by atoms with E-state index < -0.39 is 18.6 Å². The van der Waals surface area contributed by atoms with Gasteiger partial charge in [0.1, 0.15) is 0 Å². The van der Waals surface area contributed by atoms with Crippen molar-refractivity contribution in [3.05, 3.63) is 0 Å². The van der Waals surface area contributed by atoms with Gasteiger partial charge in [0.15, 0.2) is 0 Å². The SMILES string of the molecule is CC.CC.CC.NC(CCOCCO)CCC(F)(F)F. The minimum Gasteiger partial charge on any atom is -0.394 e. The summed E-state index contributed by atoms with van der Waals surface area (Å²) in [6.45, 7) is 12.4. The molecule has 3 N–H and O–H groups in total. The fraction of sp³-hybridized carbons (Fsp3) is 1.00. The van der Waals surface area contributed by atoms with Gasteiger partial charge in [-0.2, -0.15) is 13.2 Å². The molecule has 0 heterocycles. The van der Waals surface area contributed by atoms with Crippen LogP contribution in [0.1, 0.15) is 60.8 Å². The number of aliphatic hydroxyl groups excluding tert-OH is 1. The number of alkyl halides is 3. The van der Waals surface area contributed by atoms with Crippen molar-refractivity contribution in [2.75, 3.05) is 19.8 Å². The second-order valence-corrected chi connectivity index (χ2v) is 3.04. The van der Waals surface area contributed by atoms with E-state index in [1.54, 1.807) is 0 Å². The zero-order valence-electron chi connectivity index (χ0n) is 13.9. The molecular formula is C14H34F3NO2. The molecule has 0 rings (SSSR count). The normalized spacial score (nSPS) is 10.9. The summed E-state index contributed by atoms with van der Waals surface area (Å²) in [4.78, 5) is 0. The van der Waals surface area contributed by atoms with Gasteiger partial charge in [-0.1, -0.05) is 41.5 Å². The quantitative estimate of drug-likeness (QED) is 0.695. The fourth-order valence-electron chi connectivity index (χ4n) is 0.895. The van der Waals surface area contributed by atoms with Crippen molar-refractivity contribution in [3.63, 3.8) is 0 Å². The molecule has 0 bridgehead atoms. The summed E-state index contributed by atoms with van der Waals surface area (Å²) >= 11 is 0. The summed E-state index contributed by atoms with van der Waals surface area (Å²) in [5.74, 6) is 0. The zero-order valence-corrected chi connectivity index (χ0v) is 13.9. The third-order valence-corrected chi connectivity index (χ3v) is 1.67. The highest BCUT2D eigenvalue weighted by atomic mass is 19.4. The van der Waals surface area contributed by atoms with Crippen LogP contribution >= 0.6 is 0 Å². The first-order chi connectivity index (χ1) is 9.45. The Morgan fingerprint density at radius 1 is 0.950 bits per heavy atom. The molecule has 0 aromatic carbocycles. The van der Waals surface area contributed by atoms with Crippen LogP contribution in [-0.2, 0) is 4.74 Å². The van der Waals surface area contributed by atoms with Crippen molar-refractivity contribution < 1.29 is 23.0 Å². The molecule has 0 amide bonds. The summed E-state index contributed by atoms with van der Waals surface area (Å²) in [6, 6.07) is -0.490. The number of nitrogens with two attached hydrogens (primary N) is 1. The molecule has 0 saturated carbocycles. The molecule has 0 radical (unpaired) electrons. The minimum absolute atomic E-state index is 0.0774. The Bertz CT molecular complexity index is 145. The molecule has 0 aliphatic rings. The van der Waals surface area contributed by atoms with Gasteiger partial charge in [-0.3, -0.25) is 0 Å². The Labute approximate surface area is 122 Å². The molecule has 1 unspecified atom stereocenters. The predicted octanol–water partition coefficient (Wildman–Crippen LogP) is 4.13. The van der Waals surface area contributed by atoms with Crippen molar-refractivity contribution in [1.29, 1.82) is 0 Å². The van der Waals surface area contributed by atoms with Crippen LogP contribution in [-0.4, -0.2) is 37.1 Å². The third-order valence-electron chi connectivity index (χ3n) is 1.67. The smallest absolute Gasteiger partial charge is 0.389 e. The van der Waals surface area contributed by atoms with E-state index in [1.165, 1.54) is 0 Å². The lowest BCUT2D eigenvalue weighted by Crippen LogP contribution is -2.24. The Hall–Kier alpha value is -0.330. The lowest BCUT2D eigenvalue weighted by molar-refractivity contribution is -0.136. The average molecular weight is 305 g/mol. The molecule has 0 spiro atoms. The van der Waals surface area contributed by atoms with Gasteiger partial charge in [0.2, 0.25) is 0 Å². The Morgan fingerprint density at radius 3 is 1.75 bits per heavy atom. The van der Waals surface area contributed by atoms with Crippen LogP contribution in [0.2, 0.25) is 0 Å². The van der Waals surface area contributed by atoms with E-state index in [9.17, 15) is 13.2 Å². The number of ether oxygens (including phenoxy) is 1. The highest BCUT2D eigenvalue weighted by molar-refractivity contribution is 4.63. The predicted molar refractivity (Wildman–Crippen MR) is 79.8 cm³/mol. The number of aliphatic hydroxyl groups is 1. The molecular weight excluding hydrogens is 271 g/mol. The Kier molecular flexibility index (Phi) is 33.1. The Balaban J connectivity index is -0.000000187. The van der Waals surface area contributed by atoms with E-state index in [0.717, 1.165) is 0 Å². The van der Waals surface area contributed by atoms with Crippen LogP contribution in [0.25, 0.3) is 0 Å². The molecule has 1 atom stereocenters. The van der Waals surface area contributed by atoms with Crippen LogP contribution in [0.15, 0.2) is 0 Å². The van der Waals surface area contributed by atoms with E-state index >= 15 is 0 Å². The molecule has 0 saturated heterocycles. The standard InChI is InChI=1S/C8H16F3NO2.3C2H6/c9-8(10,11)3-1-7(12)2-5-14-6-4-13;3*1-2/h7,13H,1-6,12H2;3*1-2H3. The highest BCUT2D eigenvalue weighted by Crippen LogP contribution is 2.22. The fourth-order valence-corrected chi connectivity index (χ4v) is 0.895. The van der Waals surface area contributed by atoms with Gasteiger partial charge in [0.25, 0.3) is 0 Å². The highest BCUT2D eigenvalue weighted by Gasteiger charge is 2.27. The molecule has 0 aromatic heterocycles. The van der Waals surface area contributed by atoms with Crippen LogP contribution < -0.4 is 5.73 Å². The zero-order chi connectivity index (χ0) is 17.0. The third kappa shape index (κ3) is 36.1. The molecule has 3 nitrogen and oxygen atoms in total. The lowest BCUT2D eigenvalue weighted by Gasteiger charge is -2.12. The molecule has 0 aromatic rings. The Morgan fingerprint density at radius 2 is 1.40 bits per heavy atom. The van der Waals surface area contributed by atoms with Crippen molar-refractivity contribution in [1.82, 2.24) is 0 Å². The molecule has 6 heteroatoms. The van der Waals surface area contributed by atoms with E-state index in [2.05, 4.69) is 0 Å². The summed E-state index contributed by atoms with van der Waals surface area (Å²) in [5.41, 5.74) is 5.42. The maximum absolute atomic E-state index is 11.7. The van der Waals surface area contributed by atoms with Crippen molar-refractivity contribution >= 4 is 0 Å². The first-order valence-corrected chi connectivity index (χ1v) is 7.46. The lowest BCUT2D eigenvalue weighted by atomic mass is 10.1. The number of hydrogen-bond acceptors (Lipinski definition) is 3. The van der Waals surface area contributed by atoms with Crippen molar-refractivity contribution in [3.8, 4) is 0 Å². The first-order valence-electron chi connectivity index (χ1n) is 7.46. The van der Waals surface area contributed by atoms with Crippen LogP contribution in [0.5, 0.6) is 0 Å². The van der Waals surface area contributed by atoms with Gasteiger partial charge in [-0.15, -0.1) is 0 Å². The molecule has 0 fully saturated rings. The minimum atomic E-state index is -4.14. The van der Waals surface area contributed by atoms with Crippen LogP contribution in [0.3, 0.4) is 0 Å². The number of rotatable bonds is 7. The van der Waals surface area contributed by atoms with Gasteiger partial charge >= 0.3 is 6.18 Å². The van der Waals surface area contributed by atoms with Gasteiger partial charge < -0.3 is 15.6 Å². The van der Waals surface area contributed by atoms with Gasteiger partial charge in [0.05, 0.1) is 13.2 Å². The molecule has 0 aliphatic heterocycles. The van der Waals surface area contributed by atoms with Gasteiger partial charge in [-0.25, -0.2) is 0 Å². The molecule has 128 valence electrons. The largest absolute Gasteiger partial charge is 0.394 e. The maximum atomic E-state index is 11.7. The van der Waals surface area contributed by atoms with E-state index in [-0.39, 0.29) is 19.6 Å². The monoisotopic (exact) mass is 305 g/mol. The average Bonchev–Trinajstić information content (AvgIpc) is 2.47. The van der Waals surface area contributed by atoms with E-state index in [4.69, 9.17) is 15.6 Å². The summed E-state index contributed by atoms with van der Waals surface area (Å²) < 4.78 is 40.1. The first kappa shape index (κ1) is 27.9. The maximum Gasteiger partial charge on any atom is 0.389 e. The number of halogens is 3. The van der Waals surface area contributed by atoms with Crippen LogP contribution in [0, 0.1) is 0 Å². The summed E-state index contributed by atoms with van der Waals surface area (Å²) in [5, 5.41) is 8.34. The van der Waals surface area contributed by atoms with Crippen molar-refractivity contribution in [2.24, 2.45) is 5.73 Å². The summed E-state index contributed by atoms with van der Waals surface area (Å²) in [7, 11) is 0. The summed E-state index contributed by atoms with van der Waals surface area (Å²) in [6.07, 6.45) is -4.68. The molecule has 20 heavy (non-hydrogen) atoms. The second-order valence-electron chi connectivity index (χ2n) is 3.04. The van der Waals surface area contributed by atoms with Crippen molar-refractivity contribution in [2.45, 2.75) is 73.0 Å². The second kappa shape index (κ2) is 23.7. The van der Waals surface area contributed by atoms with Gasteiger partial charge in [0, 0.05) is 19.1 Å². The topological polar surface area (TPSA) is 55.5 Å². The molecule has 0 aliphatic carbocycles. The van der Waals surface area contributed by atoms with E-state index in [1.807, 2.05) is 41.5 Å². The van der Waals surface area contributed by atoms with E-state index in [0.29, 0.717) is 13.0 Å². The van der Waals surface area contributed by atoms with Gasteiger partial charge in [-0.05, 0) is 12.8 Å². The van der Waals surface area contributed by atoms with Crippen LogP contribution in [0.4, 0.5) is 13.2 Å². The number of hydrogen-bond donors (Lipinski definition) is 2.